The van der Waals surface area contributed by atoms with E-state index in [1.54, 1.807) is 0 Å². The van der Waals surface area contributed by atoms with E-state index in [1.165, 1.54) is 11.1 Å². The third-order valence-corrected chi connectivity index (χ3v) is 2.82. The third-order valence-electron chi connectivity index (χ3n) is 2.82. The van der Waals surface area contributed by atoms with Crippen LogP contribution in [0.25, 0.3) is 10.9 Å². The minimum Gasteiger partial charge on any atom is -0.358 e. The van der Waals surface area contributed by atoms with E-state index >= 15 is 0 Å². The van der Waals surface area contributed by atoms with E-state index in [-0.39, 0.29) is 5.41 Å². The van der Waals surface area contributed by atoms with Crippen molar-refractivity contribution in [3.63, 3.8) is 0 Å². The molecule has 2 rings (SSSR count). The van der Waals surface area contributed by atoms with Crippen LogP contribution in [-0.2, 0) is 11.8 Å². The highest BCUT2D eigenvalue weighted by Crippen LogP contribution is 2.31. The van der Waals surface area contributed by atoms with E-state index in [0.717, 1.165) is 11.1 Å². The van der Waals surface area contributed by atoms with Gasteiger partial charge in [-0.3, -0.25) is 0 Å². The molecule has 1 aromatic heterocycles. The molecule has 1 heterocycles. The Morgan fingerprint density at radius 3 is 2.56 bits per heavy atom. The molecule has 0 aliphatic carbocycles. The monoisotopic (exact) mass is 212 g/mol. The van der Waals surface area contributed by atoms with Crippen molar-refractivity contribution < 1.29 is 0 Å². The zero-order valence-corrected chi connectivity index (χ0v) is 9.96. The van der Waals surface area contributed by atoms with Crippen LogP contribution in [0.3, 0.4) is 0 Å². The van der Waals surface area contributed by atoms with Gasteiger partial charge in [-0.1, -0.05) is 39.0 Å². The van der Waals surface area contributed by atoms with Crippen LogP contribution in [0.1, 0.15) is 32.0 Å². The number of rotatable bonds is 1. The van der Waals surface area contributed by atoms with Gasteiger partial charge in [-0.05, 0) is 11.6 Å². The van der Waals surface area contributed by atoms with Crippen LogP contribution < -0.4 is 0 Å². The van der Waals surface area contributed by atoms with Gasteiger partial charge in [0.1, 0.15) is 0 Å². The van der Waals surface area contributed by atoms with Crippen molar-refractivity contribution in [2.75, 3.05) is 0 Å². The average Bonchev–Trinajstić information content (AvgIpc) is 2.58. The lowest BCUT2D eigenvalue weighted by Gasteiger charge is -2.18. The number of nitriles is 1. The lowest BCUT2D eigenvalue weighted by atomic mass is 9.88. The van der Waals surface area contributed by atoms with Gasteiger partial charge in [-0.15, -0.1) is 0 Å². The maximum Gasteiger partial charge on any atom is 0.0670 e. The molecule has 82 valence electrons. The predicted octanol–water partition coefficient (Wildman–Crippen LogP) is 3.53. The summed E-state index contributed by atoms with van der Waals surface area (Å²) in [7, 11) is 0. The third kappa shape index (κ3) is 1.69. The lowest BCUT2D eigenvalue weighted by molar-refractivity contribution is 0.569. The Labute approximate surface area is 95.9 Å². The Kier molecular flexibility index (Phi) is 2.47. The fourth-order valence-corrected chi connectivity index (χ4v) is 2.10. The van der Waals surface area contributed by atoms with E-state index < -0.39 is 0 Å². The van der Waals surface area contributed by atoms with Crippen LogP contribution in [0.2, 0.25) is 0 Å². The molecule has 1 aromatic carbocycles. The number of aromatic nitrogens is 1. The van der Waals surface area contributed by atoms with Crippen molar-refractivity contribution in [3.8, 4) is 6.07 Å². The minimum absolute atomic E-state index is 0.0468. The highest BCUT2D eigenvalue weighted by molar-refractivity contribution is 5.85. The van der Waals surface area contributed by atoms with E-state index in [1.807, 2.05) is 12.1 Å². The van der Waals surface area contributed by atoms with Gasteiger partial charge >= 0.3 is 0 Å². The SMILES string of the molecule is CC(C)(C)c1[nH]c2ccccc2c1CC#N. The molecule has 2 heteroatoms. The maximum atomic E-state index is 8.92. The highest BCUT2D eigenvalue weighted by Gasteiger charge is 2.21. The minimum atomic E-state index is 0.0468. The number of H-pyrrole nitrogens is 1. The molecule has 0 bridgehead atoms. The van der Waals surface area contributed by atoms with Crippen molar-refractivity contribution in [2.24, 2.45) is 0 Å². The molecule has 0 aliphatic heterocycles. The number of hydrogen-bond acceptors (Lipinski definition) is 1. The first-order valence-electron chi connectivity index (χ1n) is 5.51. The summed E-state index contributed by atoms with van der Waals surface area (Å²) in [5, 5.41) is 10.1. The summed E-state index contributed by atoms with van der Waals surface area (Å²) in [6.07, 6.45) is 0.469. The number of hydrogen-bond donors (Lipinski definition) is 1. The number of para-hydroxylation sites is 1. The molecule has 0 saturated heterocycles. The first kappa shape index (κ1) is 10.8. The Morgan fingerprint density at radius 1 is 1.25 bits per heavy atom. The fourth-order valence-electron chi connectivity index (χ4n) is 2.10. The van der Waals surface area contributed by atoms with Crippen LogP contribution in [-0.4, -0.2) is 4.98 Å². The van der Waals surface area contributed by atoms with Crippen molar-refractivity contribution in [3.05, 3.63) is 35.5 Å². The summed E-state index contributed by atoms with van der Waals surface area (Å²) in [5.74, 6) is 0. The Hall–Kier alpha value is -1.75. The van der Waals surface area contributed by atoms with Gasteiger partial charge in [0.05, 0.1) is 12.5 Å². The lowest BCUT2D eigenvalue weighted by Crippen LogP contribution is -2.14. The predicted molar refractivity (Wildman–Crippen MR) is 66.3 cm³/mol. The number of benzene rings is 1. The first-order chi connectivity index (χ1) is 7.54. The molecule has 0 spiro atoms. The van der Waals surface area contributed by atoms with Gasteiger partial charge in [0.2, 0.25) is 0 Å². The molecular weight excluding hydrogens is 196 g/mol. The van der Waals surface area contributed by atoms with E-state index in [0.29, 0.717) is 6.42 Å². The van der Waals surface area contributed by atoms with Crippen LogP contribution in [0.15, 0.2) is 24.3 Å². The smallest absolute Gasteiger partial charge is 0.0670 e. The first-order valence-corrected chi connectivity index (χ1v) is 5.51. The molecule has 0 radical (unpaired) electrons. The molecule has 0 saturated carbocycles. The molecule has 0 fully saturated rings. The standard InChI is InChI=1S/C14H16N2/c1-14(2,3)13-11(8-9-15)10-6-4-5-7-12(10)16-13/h4-7,16H,8H2,1-3H3. The van der Waals surface area contributed by atoms with Crippen LogP contribution in [0.5, 0.6) is 0 Å². The number of aromatic amines is 1. The average molecular weight is 212 g/mol. The van der Waals surface area contributed by atoms with Crippen LogP contribution in [0, 0.1) is 11.3 Å². The second-order valence-corrected chi connectivity index (χ2v) is 5.11. The van der Waals surface area contributed by atoms with Gasteiger partial charge < -0.3 is 4.98 Å². The van der Waals surface area contributed by atoms with E-state index in [2.05, 4.69) is 44.0 Å². The summed E-state index contributed by atoms with van der Waals surface area (Å²) in [5.41, 5.74) is 3.49. The van der Waals surface area contributed by atoms with Crippen molar-refractivity contribution in [1.29, 1.82) is 5.26 Å². The molecular formula is C14H16N2. The van der Waals surface area contributed by atoms with Gasteiger partial charge in [0.15, 0.2) is 0 Å². The Balaban J connectivity index is 2.74. The fraction of sp³-hybridized carbons (Fsp3) is 0.357. The molecule has 16 heavy (non-hydrogen) atoms. The van der Waals surface area contributed by atoms with Gasteiger partial charge in [-0.2, -0.15) is 5.26 Å². The molecule has 2 nitrogen and oxygen atoms in total. The summed E-state index contributed by atoms with van der Waals surface area (Å²) in [6.45, 7) is 6.50. The van der Waals surface area contributed by atoms with Gasteiger partial charge in [0, 0.05) is 22.0 Å². The summed E-state index contributed by atoms with van der Waals surface area (Å²) >= 11 is 0. The molecule has 0 atom stereocenters. The topological polar surface area (TPSA) is 39.6 Å². The quantitative estimate of drug-likeness (QED) is 0.771. The van der Waals surface area contributed by atoms with Crippen molar-refractivity contribution >= 4 is 10.9 Å². The summed E-state index contributed by atoms with van der Waals surface area (Å²) in [4.78, 5) is 3.44. The number of fused-ring (bicyclic) bond motifs is 1. The zero-order valence-electron chi connectivity index (χ0n) is 9.96. The molecule has 0 unspecified atom stereocenters. The number of nitrogens with one attached hydrogen (secondary N) is 1. The second kappa shape index (κ2) is 3.68. The van der Waals surface area contributed by atoms with Crippen molar-refractivity contribution in [1.82, 2.24) is 4.98 Å². The summed E-state index contributed by atoms with van der Waals surface area (Å²) < 4.78 is 0. The largest absolute Gasteiger partial charge is 0.358 e. The second-order valence-electron chi connectivity index (χ2n) is 5.11. The van der Waals surface area contributed by atoms with E-state index in [4.69, 9.17) is 5.26 Å². The Bertz CT molecular complexity index is 550. The van der Waals surface area contributed by atoms with Crippen LogP contribution in [0.4, 0.5) is 0 Å². The molecule has 0 aliphatic rings. The maximum absolute atomic E-state index is 8.92. The highest BCUT2D eigenvalue weighted by atomic mass is 14.7. The molecule has 1 N–H and O–H groups in total. The normalized spacial score (nSPS) is 11.6. The molecule has 2 aromatic rings. The molecule has 0 amide bonds. The van der Waals surface area contributed by atoms with E-state index in [9.17, 15) is 0 Å². The summed E-state index contributed by atoms with van der Waals surface area (Å²) in [6, 6.07) is 10.4. The van der Waals surface area contributed by atoms with Crippen molar-refractivity contribution in [2.45, 2.75) is 32.6 Å². The number of nitrogens with zero attached hydrogens (tertiary/aromatic N) is 1. The van der Waals surface area contributed by atoms with Gasteiger partial charge in [-0.25, -0.2) is 0 Å². The van der Waals surface area contributed by atoms with Gasteiger partial charge in [0.25, 0.3) is 0 Å². The Morgan fingerprint density at radius 2 is 1.94 bits per heavy atom. The van der Waals surface area contributed by atoms with Crippen LogP contribution >= 0.6 is 0 Å². The zero-order chi connectivity index (χ0) is 11.8.